The minimum atomic E-state index is -0.735. The Morgan fingerprint density at radius 3 is 2.86 bits per heavy atom. The van der Waals surface area contributed by atoms with E-state index < -0.39 is 5.97 Å². The number of carbonyl (C=O) groups is 2. The van der Waals surface area contributed by atoms with E-state index in [1.165, 1.54) is 0 Å². The van der Waals surface area contributed by atoms with Crippen molar-refractivity contribution in [2.24, 2.45) is 11.3 Å². The van der Waals surface area contributed by atoms with Crippen LogP contribution in [0.3, 0.4) is 0 Å². The highest BCUT2D eigenvalue weighted by Crippen LogP contribution is 2.45. The van der Waals surface area contributed by atoms with E-state index in [1.54, 1.807) is 0 Å². The van der Waals surface area contributed by atoms with Crippen molar-refractivity contribution in [3.63, 3.8) is 0 Å². The zero-order valence-electron chi connectivity index (χ0n) is 8.08. The molecule has 2 atom stereocenters. The summed E-state index contributed by atoms with van der Waals surface area (Å²) in [4.78, 5) is 22.3. The highest BCUT2D eigenvalue weighted by atomic mass is 16.4. The van der Waals surface area contributed by atoms with Crippen LogP contribution in [0.1, 0.15) is 32.1 Å². The van der Waals surface area contributed by atoms with Crippen LogP contribution in [0.5, 0.6) is 0 Å². The first-order valence-corrected chi connectivity index (χ1v) is 5.14. The summed E-state index contributed by atoms with van der Waals surface area (Å²) in [6, 6.07) is 0. The van der Waals surface area contributed by atoms with E-state index >= 15 is 0 Å². The molecule has 1 aliphatic heterocycles. The number of rotatable bonds is 1. The Morgan fingerprint density at radius 2 is 2.29 bits per heavy atom. The summed E-state index contributed by atoms with van der Waals surface area (Å²) in [6.07, 6.45) is 4.04. The van der Waals surface area contributed by atoms with Crippen LogP contribution in [-0.2, 0) is 9.59 Å². The molecule has 0 aromatic rings. The second-order valence-corrected chi connectivity index (χ2v) is 4.45. The quantitative estimate of drug-likeness (QED) is 0.652. The van der Waals surface area contributed by atoms with Crippen molar-refractivity contribution in [1.29, 1.82) is 0 Å². The number of carbonyl (C=O) groups excluding carboxylic acids is 1. The number of nitrogens with one attached hydrogen (secondary N) is 1. The minimum Gasteiger partial charge on any atom is -0.481 e. The normalized spacial score (nSPS) is 37.1. The Kier molecular flexibility index (Phi) is 2.21. The second kappa shape index (κ2) is 3.26. The third-order valence-corrected chi connectivity index (χ3v) is 3.60. The van der Waals surface area contributed by atoms with E-state index in [-0.39, 0.29) is 17.2 Å². The van der Waals surface area contributed by atoms with E-state index in [0.29, 0.717) is 13.0 Å². The molecule has 1 heterocycles. The molecular weight excluding hydrogens is 182 g/mol. The smallest absolute Gasteiger partial charge is 0.307 e. The lowest BCUT2D eigenvalue weighted by atomic mass is 9.65. The maximum atomic E-state index is 11.2. The van der Waals surface area contributed by atoms with Crippen molar-refractivity contribution < 1.29 is 14.7 Å². The molecule has 2 fully saturated rings. The van der Waals surface area contributed by atoms with Crippen molar-refractivity contribution in [3.8, 4) is 0 Å². The fraction of sp³-hybridized carbons (Fsp3) is 0.800. The number of amides is 1. The van der Waals surface area contributed by atoms with Crippen LogP contribution in [0.25, 0.3) is 0 Å². The van der Waals surface area contributed by atoms with Crippen molar-refractivity contribution in [3.05, 3.63) is 0 Å². The molecule has 1 aliphatic carbocycles. The summed E-state index contributed by atoms with van der Waals surface area (Å²) in [6.45, 7) is 0.558. The number of aliphatic carboxylic acids is 1. The molecule has 78 valence electrons. The van der Waals surface area contributed by atoms with Crippen LogP contribution in [-0.4, -0.2) is 23.5 Å². The summed E-state index contributed by atoms with van der Waals surface area (Å²) in [5.74, 6) is -1.05. The summed E-state index contributed by atoms with van der Waals surface area (Å²) in [5, 5.41) is 11.9. The summed E-state index contributed by atoms with van der Waals surface area (Å²) < 4.78 is 0. The highest BCUT2D eigenvalue weighted by Gasteiger charge is 2.49. The fourth-order valence-corrected chi connectivity index (χ4v) is 2.83. The molecule has 14 heavy (non-hydrogen) atoms. The molecule has 0 aromatic carbocycles. The largest absolute Gasteiger partial charge is 0.481 e. The van der Waals surface area contributed by atoms with Crippen LogP contribution >= 0.6 is 0 Å². The SMILES string of the molecule is O=C1CC2(CCCCC2C(=O)O)CN1. The van der Waals surface area contributed by atoms with E-state index in [9.17, 15) is 9.59 Å². The van der Waals surface area contributed by atoms with Crippen LogP contribution < -0.4 is 5.32 Å². The van der Waals surface area contributed by atoms with Crippen LogP contribution in [0.15, 0.2) is 0 Å². The molecule has 2 aliphatic rings. The summed E-state index contributed by atoms with van der Waals surface area (Å²) in [5.41, 5.74) is -0.277. The van der Waals surface area contributed by atoms with Crippen LogP contribution in [0.2, 0.25) is 0 Å². The molecule has 0 bridgehead atoms. The van der Waals surface area contributed by atoms with Gasteiger partial charge in [0.15, 0.2) is 0 Å². The standard InChI is InChI=1S/C10H15NO3/c12-8-5-10(6-11-8)4-2-1-3-7(10)9(13)14/h7H,1-6H2,(H,11,12)(H,13,14). The average Bonchev–Trinajstić information content (AvgIpc) is 2.48. The number of hydrogen-bond acceptors (Lipinski definition) is 2. The molecule has 1 amide bonds. The monoisotopic (exact) mass is 197 g/mol. The Hall–Kier alpha value is -1.06. The van der Waals surface area contributed by atoms with Gasteiger partial charge in [-0.2, -0.15) is 0 Å². The molecule has 2 N–H and O–H groups in total. The van der Waals surface area contributed by atoms with Crippen LogP contribution in [0.4, 0.5) is 0 Å². The molecule has 1 saturated heterocycles. The van der Waals surface area contributed by atoms with Crippen molar-refractivity contribution in [2.45, 2.75) is 32.1 Å². The lowest BCUT2D eigenvalue weighted by Gasteiger charge is -2.37. The zero-order valence-corrected chi connectivity index (χ0v) is 8.08. The molecule has 4 heteroatoms. The van der Waals surface area contributed by atoms with Gasteiger partial charge in [0, 0.05) is 18.4 Å². The van der Waals surface area contributed by atoms with E-state index in [0.717, 1.165) is 25.7 Å². The van der Waals surface area contributed by atoms with Gasteiger partial charge in [-0.1, -0.05) is 12.8 Å². The maximum absolute atomic E-state index is 11.2. The molecule has 1 saturated carbocycles. The van der Waals surface area contributed by atoms with Crippen molar-refractivity contribution >= 4 is 11.9 Å². The molecule has 4 nitrogen and oxygen atoms in total. The van der Waals surface area contributed by atoms with Gasteiger partial charge in [0.25, 0.3) is 0 Å². The lowest BCUT2D eigenvalue weighted by Crippen LogP contribution is -2.40. The van der Waals surface area contributed by atoms with Crippen molar-refractivity contribution in [1.82, 2.24) is 5.32 Å². The second-order valence-electron chi connectivity index (χ2n) is 4.45. The van der Waals surface area contributed by atoms with E-state index in [1.807, 2.05) is 0 Å². The van der Waals surface area contributed by atoms with Gasteiger partial charge in [-0.3, -0.25) is 9.59 Å². The van der Waals surface area contributed by atoms with Gasteiger partial charge in [0.1, 0.15) is 0 Å². The molecule has 0 aromatic heterocycles. The lowest BCUT2D eigenvalue weighted by molar-refractivity contribution is -0.148. The van der Waals surface area contributed by atoms with Gasteiger partial charge in [-0.25, -0.2) is 0 Å². The Bertz CT molecular complexity index is 277. The molecule has 0 radical (unpaired) electrons. The Morgan fingerprint density at radius 1 is 1.50 bits per heavy atom. The van der Waals surface area contributed by atoms with Gasteiger partial charge in [0.05, 0.1) is 5.92 Å². The van der Waals surface area contributed by atoms with Gasteiger partial charge < -0.3 is 10.4 Å². The topological polar surface area (TPSA) is 66.4 Å². The molecule has 2 unspecified atom stereocenters. The zero-order chi connectivity index (χ0) is 10.2. The Balaban J connectivity index is 2.21. The maximum Gasteiger partial charge on any atom is 0.307 e. The molecule has 1 spiro atoms. The summed E-state index contributed by atoms with van der Waals surface area (Å²) in [7, 11) is 0. The number of carboxylic acid groups (broad SMARTS) is 1. The first kappa shape index (κ1) is 9.49. The van der Waals surface area contributed by atoms with Gasteiger partial charge >= 0.3 is 5.97 Å². The predicted octanol–water partition coefficient (Wildman–Crippen LogP) is 0.767. The van der Waals surface area contributed by atoms with Gasteiger partial charge in [0.2, 0.25) is 5.91 Å². The third kappa shape index (κ3) is 1.38. The Labute approximate surface area is 82.7 Å². The summed E-state index contributed by atoms with van der Waals surface area (Å²) >= 11 is 0. The fourth-order valence-electron chi connectivity index (χ4n) is 2.83. The number of carboxylic acids is 1. The van der Waals surface area contributed by atoms with E-state index in [4.69, 9.17) is 5.11 Å². The third-order valence-electron chi connectivity index (χ3n) is 3.60. The predicted molar refractivity (Wildman–Crippen MR) is 49.7 cm³/mol. The van der Waals surface area contributed by atoms with E-state index in [2.05, 4.69) is 5.32 Å². The molecule has 2 rings (SSSR count). The highest BCUT2D eigenvalue weighted by molar-refractivity contribution is 5.81. The first-order chi connectivity index (χ1) is 6.64. The minimum absolute atomic E-state index is 0.0122. The van der Waals surface area contributed by atoms with Gasteiger partial charge in [-0.15, -0.1) is 0 Å². The van der Waals surface area contributed by atoms with Crippen LogP contribution in [0, 0.1) is 11.3 Å². The molecular formula is C10H15NO3. The number of hydrogen-bond donors (Lipinski definition) is 2. The van der Waals surface area contributed by atoms with Crippen molar-refractivity contribution in [2.75, 3.05) is 6.54 Å². The first-order valence-electron chi connectivity index (χ1n) is 5.14. The van der Waals surface area contributed by atoms with Gasteiger partial charge in [-0.05, 0) is 12.8 Å². The average molecular weight is 197 g/mol.